The third-order valence-electron chi connectivity index (χ3n) is 4.43. The van der Waals surface area contributed by atoms with Crippen molar-refractivity contribution >= 4 is 5.91 Å². The van der Waals surface area contributed by atoms with Gasteiger partial charge < -0.3 is 14.8 Å². The fourth-order valence-electron chi connectivity index (χ4n) is 3.19. The molecule has 0 unspecified atom stereocenters. The number of aryl methyl sites for hydroxylation is 2. The van der Waals surface area contributed by atoms with Gasteiger partial charge >= 0.3 is 0 Å². The molecular formula is C18H24N4O. The van der Waals surface area contributed by atoms with Gasteiger partial charge in [0.05, 0.1) is 6.04 Å². The second kappa shape index (κ2) is 7.42. The van der Waals surface area contributed by atoms with Gasteiger partial charge in [0.25, 0.3) is 0 Å². The minimum absolute atomic E-state index is 0.130. The molecule has 0 aliphatic carbocycles. The molecule has 0 saturated carbocycles. The van der Waals surface area contributed by atoms with Crippen LogP contribution in [0.25, 0.3) is 0 Å². The van der Waals surface area contributed by atoms with E-state index < -0.39 is 0 Å². The SMILES string of the molecule is CCc1nccn1CCC(=O)N1CCNC[C@@H]1c1ccccc1. The molecule has 1 fully saturated rings. The van der Waals surface area contributed by atoms with Crippen molar-refractivity contribution in [3.8, 4) is 0 Å². The topological polar surface area (TPSA) is 50.2 Å². The van der Waals surface area contributed by atoms with Gasteiger partial charge in [-0.2, -0.15) is 0 Å². The van der Waals surface area contributed by atoms with Crippen LogP contribution in [0.2, 0.25) is 0 Å². The van der Waals surface area contributed by atoms with Crippen molar-refractivity contribution in [1.29, 1.82) is 0 Å². The van der Waals surface area contributed by atoms with Crippen molar-refractivity contribution in [3.05, 3.63) is 54.1 Å². The second-order valence-electron chi connectivity index (χ2n) is 5.86. The van der Waals surface area contributed by atoms with Crippen LogP contribution in [0.1, 0.15) is 30.8 Å². The second-order valence-corrected chi connectivity index (χ2v) is 5.86. The van der Waals surface area contributed by atoms with E-state index in [-0.39, 0.29) is 11.9 Å². The van der Waals surface area contributed by atoms with Crippen LogP contribution in [0.15, 0.2) is 42.7 Å². The van der Waals surface area contributed by atoms with Crippen LogP contribution in [0.5, 0.6) is 0 Å². The number of hydrogen-bond donors (Lipinski definition) is 1. The van der Waals surface area contributed by atoms with E-state index in [4.69, 9.17) is 0 Å². The Bertz CT molecular complexity index is 637. The van der Waals surface area contributed by atoms with Crippen LogP contribution in [0.3, 0.4) is 0 Å². The Morgan fingerprint density at radius 1 is 1.35 bits per heavy atom. The molecule has 23 heavy (non-hydrogen) atoms. The molecule has 1 aromatic heterocycles. The molecule has 1 aromatic carbocycles. The lowest BCUT2D eigenvalue weighted by molar-refractivity contribution is -0.134. The third kappa shape index (κ3) is 3.62. The molecule has 0 spiro atoms. The number of rotatable bonds is 5. The minimum Gasteiger partial charge on any atom is -0.334 e. The first-order valence-corrected chi connectivity index (χ1v) is 8.34. The van der Waals surface area contributed by atoms with Crippen molar-refractivity contribution in [2.75, 3.05) is 19.6 Å². The predicted molar refractivity (Wildman–Crippen MR) is 90.0 cm³/mol. The summed E-state index contributed by atoms with van der Waals surface area (Å²) < 4.78 is 2.08. The summed E-state index contributed by atoms with van der Waals surface area (Å²) in [6.07, 6.45) is 5.17. The molecule has 1 N–H and O–H groups in total. The summed E-state index contributed by atoms with van der Waals surface area (Å²) in [5, 5.41) is 3.40. The van der Waals surface area contributed by atoms with Gasteiger partial charge in [-0.25, -0.2) is 4.98 Å². The van der Waals surface area contributed by atoms with Crippen LogP contribution < -0.4 is 5.32 Å². The summed E-state index contributed by atoms with van der Waals surface area (Å²) in [6.45, 7) is 5.24. The van der Waals surface area contributed by atoms with Crippen LogP contribution in [-0.2, 0) is 17.8 Å². The Morgan fingerprint density at radius 2 is 2.17 bits per heavy atom. The Labute approximate surface area is 137 Å². The van der Waals surface area contributed by atoms with E-state index in [0.717, 1.165) is 31.9 Å². The Kier molecular flexibility index (Phi) is 5.08. The molecule has 0 radical (unpaired) electrons. The number of carbonyl (C=O) groups excluding carboxylic acids is 1. The number of hydrogen-bond acceptors (Lipinski definition) is 3. The van der Waals surface area contributed by atoms with Gasteiger partial charge in [0.2, 0.25) is 5.91 Å². The maximum Gasteiger partial charge on any atom is 0.224 e. The van der Waals surface area contributed by atoms with E-state index in [1.165, 1.54) is 5.56 Å². The van der Waals surface area contributed by atoms with Gasteiger partial charge in [0.15, 0.2) is 0 Å². The summed E-state index contributed by atoms with van der Waals surface area (Å²) in [6, 6.07) is 10.4. The molecule has 122 valence electrons. The third-order valence-corrected chi connectivity index (χ3v) is 4.43. The number of benzene rings is 1. The van der Waals surface area contributed by atoms with Gasteiger partial charge in [-0.05, 0) is 5.56 Å². The standard InChI is InChI=1S/C18H24N4O/c1-2-17-20-10-12-21(17)11-8-18(23)22-13-9-19-14-16(22)15-6-4-3-5-7-15/h3-7,10,12,16,19H,2,8-9,11,13-14H2,1H3/t16-/m1/s1. The van der Waals surface area contributed by atoms with Crippen molar-refractivity contribution in [2.45, 2.75) is 32.4 Å². The number of imidazole rings is 1. The highest BCUT2D eigenvalue weighted by atomic mass is 16.2. The first-order valence-electron chi connectivity index (χ1n) is 8.34. The zero-order valence-corrected chi connectivity index (χ0v) is 13.6. The molecule has 1 saturated heterocycles. The lowest BCUT2D eigenvalue weighted by Gasteiger charge is -2.36. The fourth-order valence-corrected chi connectivity index (χ4v) is 3.19. The van der Waals surface area contributed by atoms with E-state index in [1.807, 2.05) is 29.3 Å². The summed E-state index contributed by atoms with van der Waals surface area (Å²) >= 11 is 0. The summed E-state index contributed by atoms with van der Waals surface area (Å²) in [7, 11) is 0. The molecular weight excluding hydrogens is 288 g/mol. The summed E-state index contributed by atoms with van der Waals surface area (Å²) in [5.41, 5.74) is 1.20. The highest BCUT2D eigenvalue weighted by Gasteiger charge is 2.27. The Hall–Kier alpha value is -2.14. The largest absolute Gasteiger partial charge is 0.334 e. The molecule has 1 aliphatic rings. The number of amides is 1. The Morgan fingerprint density at radius 3 is 2.96 bits per heavy atom. The fraction of sp³-hybridized carbons (Fsp3) is 0.444. The van der Waals surface area contributed by atoms with E-state index in [2.05, 4.69) is 33.9 Å². The average molecular weight is 312 g/mol. The van der Waals surface area contributed by atoms with E-state index in [1.54, 1.807) is 6.20 Å². The number of nitrogens with one attached hydrogen (secondary N) is 1. The van der Waals surface area contributed by atoms with Gasteiger partial charge in [-0.3, -0.25) is 4.79 Å². The summed E-state index contributed by atoms with van der Waals surface area (Å²) in [5.74, 6) is 1.26. The molecule has 1 aliphatic heterocycles. The van der Waals surface area contributed by atoms with Crippen molar-refractivity contribution in [1.82, 2.24) is 19.8 Å². The minimum atomic E-state index is 0.130. The zero-order chi connectivity index (χ0) is 16.1. The number of aromatic nitrogens is 2. The molecule has 1 atom stereocenters. The molecule has 3 rings (SSSR count). The predicted octanol–water partition coefficient (Wildman–Crippen LogP) is 2.01. The lowest BCUT2D eigenvalue weighted by Crippen LogP contribution is -2.48. The quantitative estimate of drug-likeness (QED) is 0.919. The van der Waals surface area contributed by atoms with Crippen molar-refractivity contribution in [3.63, 3.8) is 0 Å². The molecule has 2 aromatic rings. The van der Waals surface area contributed by atoms with Gasteiger partial charge in [0.1, 0.15) is 5.82 Å². The molecule has 2 heterocycles. The number of piperazine rings is 1. The lowest BCUT2D eigenvalue weighted by atomic mass is 10.0. The first-order chi connectivity index (χ1) is 11.3. The average Bonchev–Trinajstić information content (AvgIpc) is 3.08. The van der Waals surface area contributed by atoms with Crippen LogP contribution in [-0.4, -0.2) is 40.0 Å². The van der Waals surface area contributed by atoms with Crippen molar-refractivity contribution in [2.24, 2.45) is 0 Å². The highest BCUT2D eigenvalue weighted by molar-refractivity contribution is 5.76. The van der Waals surface area contributed by atoms with E-state index in [0.29, 0.717) is 13.0 Å². The van der Waals surface area contributed by atoms with Gasteiger partial charge in [0, 0.05) is 51.4 Å². The molecule has 1 amide bonds. The maximum absolute atomic E-state index is 12.7. The first kappa shape index (κ1) is 15.7. The molecule has 5 nitrogen and oxygen atoms in total. The summed E-state index contributed by atoms with van der Waals surface area (Å²) in [4.78, 5) is 19.1. The number of carbonyl (C=O) groups is 1. The van der Waals surface area contributed by atoms with Crippen molar-refractivity contribution < 1.29 is 4.79 Å². The molecule has 0 bridgehead atoms. The van der Waals surface area contributed by atoms with Crippen LogP contribution >= 0.6 is 0 Å². The van der Waals surface area contributed by atoms with E-state index >= 15 is 0 Å². The normalized spacial score (nSPS) is 18.1. The van der Waals surface area contributed by atoms with Gasteiger partial charge in [-0.15, -0.1) is 0 Å². The number of nitrogens with zero attached hydrogens (tertiary/aromatic N) is 3. The Balaban J connectivity index is 1.67. The van der Waals surface area contributed by atoms with Crippen LogP contribution in [0, 0.1) is 0 Å². The van der Waals surface area contributed by atoms with Gasteiger partial charge in [-0.1, -0.05) is 37.3 Å². The molecule has 5 heteroatoms. The highest BCUT2D eigenvalue weighted by Crippen LogP contribution is 2.22. The van der Waals surface area contributed by atoms with E-state index in [9.17, 15) is 4.79 Å². The van der Waals surface area contributed by atoms with Crippen LogP contribution in [0.4, 0.5) is 0 Å². The maximum atomic E-state index is 12.7. The smallest absolute Gasteiger partial charge is 0.224 e. The monoisotopic (exact) mass is 312 g/mol. The zero-order valence-electron chi connectivity index (χ0n) is 13.6.